The number of aromatic nitrogens is 2. The topological polar surface area (TPSA) is 17.8 Å². The average Bonchev–Trinajstić information content (AvgIpc) is 3.76. The van der Waals surface area contributed by atoms with Crippen LogP contribution < -0.4 is 26.5 Å². The summed E-state index contributed by atoms with van der Waals surface area (Å²) in [5, 5.41) is 4.25. The lowest BCUT2D eigenvalue weighted by Gasteiger charge is -2.34. The van der Waals surface area contributed by atoms with E-state index in [2.05, 4.69) is 167 Å². The standard InChI is InChI=1S/C22H20N2Si.C15H15B/c1-4-10-20(11-5-1)25(19-24-17-16-23-18-24,21-12-6-2-7-13-21)22-14-8-3-9-15-22;1-3-7-13(8-4-1)16(15-11-12-15)14-9-5-2-6-10-14/h1-18H,19H2;1-10,15H,11-12H2. The highest BCUT2D eigenvalue weighted by atomic mass is 28.3. The molecule has 5 aromatic carbocycles. The molecule has 0 bridgehead atoms. The summed E-state index contributed by atoms with van der Waals surface area (Å²) in [6.45, 7) is 0.613. The van der Waals surface area contributed by atoms with Gasteiger partial charge in [-0.3, -0.25) is 0 Å². The third-order valence-electron chi connectivity index (χ3n) is 8.19. The van der Waals surface area contributed by atoms with Gasteiger partial charge in [0.2, 0.25) is 6.71 Å². The van der Waals surface area contributed by atoms with E-state index in [9.17, 15) is 0 Å². The Morgan fingerprint density at radius 1 is 0.561 bits per heavy atom. The first-order chi connectivity index (χ1) is 20.3. The van der Waals surface area contributed by atoms with Crippen molar-refractivity contribution in [2.24, 2.45) is 0 Å². The van der Waals surface area contributed by atoms with Gasteiger partial charge >= 0.3 is 0 Å². The monoisotopic (exact) mass is 546 g/mol. The Bertz CT molecular complexity index is 1450. The van der Waals surface area contributed by atoms with Gasteiger partial charge in [0.15, 0.2) is 8.07 Å². The van der Waals surface area contributed by atoms with E-state index in [4.69, 9.17) is 0 Å². The van der Waals surface area contributed by atoms with Gasteiger partial charge in [0.1, 0.15) is 0 Å². The van der Waals surface area contributed by atoms with Gasteiger partial charge in [-0.2, -0.15) is 0 Å². The highest BCUT2D eigenvalue weighted by Crippen LogP contribution is 2.38. The molecule has 0 unspecified atom stereocenters. The van der Waals surface area contributed by atoms with Gasteiger partial charge in [-0.15, -0.1) is 0 Å². The molecule has 41 heavy (non-hydrogen) atoms. The third kappa shape index (κ3) is 6.18. The zero-order valence-corrected chi connectivity index (χ0v) is 24.3. The first-order valence-corrected chi connectivity index (χ1v) is 16.8. The summed E-state index contributed by atoms with van der Waals surface area (Å²) in [5.74, 6) is 0.866. The van der Waals surface area contributed by atoms with Crippen molar-refractivity contribution < 1.29 is 0 Å². The van der Waals surface area contributed by atoms with Crippen molar-refractivity contribution in [2.75, 3.05) is 0 Å². The first-order valence-electron chi connectivity index (χ1n) is 14.6. The summed E-state index contributed by atoms with van der Waals surface area (Å²) in [5.41, 5.74) is 2.94. The smallest absolute Gasteiger partial charge is 0.212 e. The van der Waals surface area contributed by atoms with Gasteiger partial charge in [0.25, 0.3) is 0 Å². The molecule has 1 heterocycles. The predicted molar refractivity (Wildman–Crippen MR) is 177 cm³/mol. The van der Waals surface area contributed by atoms with Crippen LogP contribution in [0.2, 0.25) is 5.82 Å². The van der Waals surface area contributed by atoms with Gasteiger partial charge in [0, 0.05) is 18.6 Å². The largest absolute Gasteiger partial charge is 0.339 e. The van der Waals surface area contributed by atoms with E-state index in [0.29, 0.717) is 6.71 Å². The summed E-state index contributed by atoms with van der Waals surface area (Å²) in [6, 6.07) is 54.7. The van der Waals surface area contributed by atoms with E-state index in [1.165, 1.54) is 39.3 Å². The second-order valence-electron chi connectivity index (χ2n) is 10.9. The molecule has 1 aromatic heterocycles. The van der Waals surface area contributed by atoms with Crippen LogP contribution in [0.15, 0.2) is 170 Å². The number of hydrogen-bond acceptors (Lipinski definition) is 1. The Hall–Kier alpha value is -4.41. The molecule has 0 amide bonds. The van der Waals surface area contributed by atoms with Crippen LogP contribution in [-0.2, 0) is 6.17 Å². The summed E-state index contributed by atoms with van der Waals surface area (Å²) in [7, 11) is -2.21. The van der Waals surface area contributed by atoms with Crippen LogP contribution in [-0.4, -0.2) is 24.3 Å². The third-order valence-corrected chi connectivity index (χ3v) is 13.0. The number of imidazole rings is 1. The van der Waals surface area contributed by atoms with Gasteiger partial charge < -0.3 is 4.57 Å². The van der Waals surface area contributed by atoms with Crippen molar-refractivity contribution in [3.05, 3.63) is 170 Å². The number of benzene rings is 5. The second-order valence-corrected chi connectivity index (χ2v) is 14.7. The van der Waals surface area contributed by atoms with Crippen LogP contribution >= 0.6 is 0 Å². The van der Waals surface area contributed by atoms with Crippen molar-refractivity contribution in [3.8, 4) is 0 Å². The summed E-state index contributed by atoms with van der Waals surface area (Å²) in [4.78, 5) is 4.27. The lowest BCUT2D eigenvalue weighted by molar-refractivity contribution is 0.862. The quantitative estimate of drug-likeness (QED) is 0.193. The molecule has 2 nitrogen and oxygen atoms in total. The Kier molecular flexibility index (Phi) is 8.39. The van der Waals surface area contributed by atoms with Gasteiger partial charge in [-0.25, -0.2) is 4.98 Å². The normalized spacial score (nSPS) is 12.7. The highest BCUT2D eigenvalue weighted by Gasteiger charge is 2.39. The van der Waals surface area contributed by atoms with Crippen LogP contribution in [0.4, 0.5) is 0 Å². The molecular weight excluding hydrogens is 511 g/mol. The fraction of sp³-hybridized carbons (Fsp3) is 0.108. The van der Waals surface area contributed by atoms with E-state index in [1.807, 2.05) is 12.5 Å². The SMILES string of the molecule is c1ccc(B(c2ccccc2)C2CC2)cc1.c1ccc([Si](Cn2ccnc2)(c2ccccc2)c2ccccc2)cc1. The molecular formula is C37H35BN2Si. The van der Waals surface area contributed by atoms with Crippen LogP contribution in [0, 0.1) is 0 Å². The van der Waals surface area contributed by atoms with E-state index < -0.39 is 8.07 Å². The summed E-state index contributed by atoms with van der Waals surface area (Å²) < 4.78 is 2.22. The minimum atomic E-state index is -2.21. The molecule has 1 saturated carbocycles. The van der Waals surface area contributed by atoms with Crippen LogP contribution in [0.5, 0.6) is 0 Å². The zero-order chi connectivity index (χ0) is 27.7. The lowest BCUT2D eigenvalue weighted by Crippen LogP contribution is -2.69. The first kappa shape index (κ1) is 26.8. The van der Waals surface area contributed by atoms with Crippen LogP contribution in [0.1, 0.15) is 12.8 Å². The molecule has 200 valence electrons. The molecule has 7 rings (SSSR count). The fourth-order valence-corrected chi connectivity index (χ4v) is 10.7. The molecule has 0 atom stereocenters. The Balaban J connectivity index is 0.000000162. The maximum atomic E-state index is 4.27. The molecule has 0 aliphatic heterocycles. The predicted octanol–water partition coefficient (Wildman–Crippen LogP) is 5.05. The van der Waals surface area contributed by atoms with Gasteiger partial charge in [0.05, 0.1) is 6.33 Å². The average molecular weight is 547 g/mol. The molecule has 6 aromatic rings. The zero-order valence-electron chi connectivity index (χ0n) is 23.3. The highest BCUT2D eigenvalue weighted by molar-refractivity contribution is 7.10. The van der Waals surface area contributed by atoms with Crippen LogP contribution in [0.3, 0.4) is 0 Å². The molecule has 0 saturated heterocycles. The van der Waals surface area contributed by atoms with Gasteiger partial charge in [-0.1, -0.05) is 181 Å². The Morgan fingerprint density at radius 3 is 1.29 bits per heavy atom. The van der Waals surface area contributed by atoms with Crippen LogP contribution in [0.25, 0.3) is 0 Å². The van der Waals surface area contributed by atoms with Crippen molar-refractivity contribution in [1.82, 2.24) is 9.55 Å². The lowest BCUT2D eigenvalue weighted by atomic mass is 9.37. The molecule has 0 radical (unpaired) electrons. The van der Waals surface area contributed by atoms with Crippen molar-refractivity contribution >= 4 is 41.3 Å². The summed E-state index contributed by atoms with van der Waals surface area (Å²) >= 11 is 0. The van der Waals surface area contributed by atoms with Gasteiger partial charge in [-0.05, 0) is 15.6 Å². The molecule has 1 aliphatic carbocycles. The van der Waals surface area contributed by atoms with Crippen molar-refractivity contribution in [1.29, 1.82) is 0 Å². The molecule has 0 N–H and O–H groups in total. The van der Waals surface area contributed by atoms with E-state index >= 15 is 0 Å². The minimum Gasteiger partial charge on any atom is -0.339 e. The van der Waals surface area contributed by atoms with E-state index in [0.717, 1.165) is 12.0 Å². The Labute approximate surface area is 245 Å². The Morgan fingerprint density at radius 2 is 0.951 bits per heavy atom. The van der Waals surface area contributed by atoms with Crippen molar-refractivity contribution in [3.63, 3.8) is 0 Å². The maximum absolute atomic E-state index is 4.27. The number of rotatable bonds is 8. The molecule has 0 spiro atoms. The number of nitrogens with zero attached hydrogens (tertiary/aromatic N) is 2. The molecule has 1 fully saturated rings. The number of hydrogen-bond donors (Lipinski definition) is 0. The van der Waals surface area contributed by atoms with Crippen molar-refractivity contribution in [2.45, 2.75) is 24.8 Å². The molecule has 1 aliphatic rings. The van der Waals surface area contributed by atoms with E-state index in [-0.39, 0.29) is 0 Å². The minimum absolute atomic E-state index is 0.613. The maximum Gasteiger partial charge on any atom is 0.212 e. The fourth-order valence-electron chi connectivity index (χ4n) is 6.08. The summed E-state index contributed by atoms with van der Waals surface area (Å²) in [6.07, 6.45) is 9.56. The van der Waals surface area contributed by atoms with E-state index in [1.54, 1.807) is 0 Å². The second kappa shape index (κ2) is 12.8. The molecule has 4 heteroatoms.